The number of hydrogen-bond donors (Lipinski definition) is 0. The van der Waals surface area contributed by atoms with E-state index < -0.39 is 0 Å². The molecule has 0 aliphatic carbocycles. The van der Waals surface area contributed by atoms with Crippen LogP contribution in [0.15, 0.2) is 39.7 Å². The second-order valence-corrected chi connectivity index (χ2v) is 4.64. The molecule has 0 bridgehead atoms. The monoisotopic (exact) mass is 280 g/mol. The average molecular weight is 281 g/mol. The standard InChI is InChI=1S/C12H13BrN2O/c1-9-10(3-4-16-9)8-15(2)12-5-11(13)6-14-7-12/h3-7H,8H2,1-2H3. The van der Waals surface area contributed by atoms with E-state index in [9.17, 15) is 0 Å². The van der Waals surface area contributed by atoms with Crippen molar-refractivity contribution in [1.82, 2.24) is 4.98 Å². The Morgan fingerprint density at radius 3 is 2.88 bits per heavy atom. The third-order valence-electron chi connectivity index (χ3n) is 2.50. The van der Waals surface area contributed by atoms with E-state index in [-0.39, 0.29) is 0 Å². The molecule has 84 valence electrons. The molecule has 4 heteroatoms. The van der Waals surface area contributed by atoms with Crippen LogP contribution in [0.25, 0.3) is 0 Å². The molecular formula is C12H13BrN2O. The minimum Gasteiger partial charge on any atom is -0.469 e. The fourth-order valence-corrected chi connectivity index (χ4v) is 1.88. The molecule has 0 aliphatic heterocycles. The van der Waals surface area contributed by atoms with E-state index in [1.165, 1.54) is 5.56 Å². The molecule has 0 aliphatic rings. The lowest BCUT2D eigenvalue weighted by Gasteiger charge is -2.18. The van der Waals surface area contributed by atoms with Crippen LogP contribution < -0.4 is 4.90 Å². The zero-order chi connectivity index (χ0) is 11.5. The van der Waals surface area contributed by atoms with E-state index in [4.69, 9.17) is 4.42 Å². The zero-order valence-electron chi connectivity index (χ0n) is 9.27. The van der Waals surface area contributed by atoms with Crippen molar-refractivity contribution in [2.45, 2.75) is 13.5 Å². The quantitative estimate of drug-likeness (QED) is 0.863. The summed E-state index contributed by atoms with van der Waals surface area (Å²) < 4.78 is 6.26. The number of anilines is 1. The van der Waals surface area contributed by atoms with Gasteiger partial charge in [0.25, 0.3) is 0 Å². The highest BCUT2D eigenvalue weighted by atomic mass is 79.9. The van der Waals surface area contributed by atoms with Crippen molar-refractivity contribution in [3.8, 4) is 0 Å². The molecule has 0 saturated carbocycles. The summed E-state index contributed by atoms with van der Waals surface area (Å²) in [5.74, 6) is 0.967. The average Bonchev–Trinajstić information content (AvgIpc) is 2.64. The summed E-state index contributed by atoms with van der Waals surface area (Å²) in [4.78, 5) is 6.28. The molecule has 0 amide bonds. The molecule has 0 fully saturated rings. The number of pyridine rings is 1. The van der Waals surface area contributed by atoms with E-state index in [0.717, 1.165) is 22.5 Å². The van der Waals surface area contributed by atoms with Gasteiger partial charge in [0.05, 0.1) is 18.1 Å². The predicted molar refractivity (Wildman–Crippen MR) is 67.5 cm³/mol. The first kappa shape index (κ1) is 11.2. The third-order valence-corrected chi connectivity index (χ3v) is 2.94. The van der Waals surface area contributed by atoms with Gasteiger partial charge in [0.15, 0.2) is 0 Å². The molecule has 2 aromatic heterocycles. The second-order valence-electron chi connectivity index (χ2n) is 3.72. The lowest BCUT2D eigenvalue weighted by molar-refractivity contribution is 0.529. The van der Waals surface area contributed by atoms with Gasteiger partial charge in [0.2, 0.25) is 0 Å². The molecular weight excluding hydrogens is 268 g/mol. The topological polar surface area (TPSA) is 29.3 Å². The van der Waals surface area contributed by atoms with Crippen LogP contribution in [0, 0.1) is 6.92 Å². The first-order chi connectivity index (χ1) is 7.66. The van der Waals surface area contributed by atoms with Gasteiger partial charge in [0, 0.05) is 29.8 Å². The second kappa shape index (κ2) is 4.70. The number of aryl methyl sites for hydroxylation is 1. The van der Waals surface area contributed by atoms with Gasteiger partial charge in [0.1, 0.15) is 5.76 Å². The maximum atomic E-state index is 5.27. The number of aromatic nitrogens is 1. The number of nitrogens with zero attached hydrogens (tertiary/aromatic N) is 2. The van der Waals surface area contributed by atoms with E-state index in [0.29, 0.717) is 0 Å². The Labute approximate surface area is 103 Å². The van der Waals surface area contributed by atoms with Crippen molar-refractivity contribution < 1.29 is 4.42 Å². The van der Waals surface area contributed by atoms with Gasteiger partial charge in [-0.3, -0.25) is 4.98 Å². The summed E-state index contributed by atoms with van der Waals surface area (Å²) in [6.07, 6.45) is 5.35. The normalized spacial score (nSPS) is 10.4. The van der Waals surface area contributed by atoms with Gasteiger partial charge in [-0.2, -0.15) is 0 Å². The summed E-state index contributed by atoms with van der Waals surface area (Å²) in [5.41, 5.74) is 2.28. The Bertz CT molecular complexity index is 481. The highest BCUT2D eigenvalue weighted by molar-refractivity contribution is 9.10. The van der Waals surface area contributed by atoms with Crippen molar-refractivity contribution in [3.63, 3.8) is 0 Å². The molecule has 0 aromatic carbocycles. The molecule has 0 atom stereocenters. The smallest absolute Gasteiger partial charge is 0.105 e. The highest BCUT2D eigenvalue weighted by Gasteiger charge is 2.06. The van der Waals surface area contributed by atoms with Crippen molar-refractivity contribution in [3.05, 3.63) is 46.6 Å². The van der Waals surface area contributed by atoms with Crippen LogP contribution >= 0.6 is 15.9 Å². The Morgan fingerprint density at radius 2 is 2.25 bits per heavy atom. The maximum absolute atomic E-state index is 5.27. The number of furan rings is 1. The van der Waals surface area contributed by atoms with Crippen LogP contribution in [0.5, 0.6) is 0 Å². The molecule has 16 heavy (non-hydrogen) atoms. The van der Waals surface area contributed by atoms with E-state index in [2.05, 4.69) is 25.8 Å². The van der Waals surface area contributed by atoms with Gasteiger partial charge in [-0.05, 0) is 35.0 Å². The Balaban J connectivity index is 2.14. The van der Waals surface area contributed by atoms with Crippen LogP contribution in [0.3, 0.4) is 0 Å². The largest absolute Gasteiger partial charge is 0.469 e. The van der Waals surface area contributed by atoms with Gasteiger partial charge in [-0.25, -0.2) is 0 Å². The van der Waals surface area contributed by atoms with Crippen molar-refractivity contribution in [1.29, 1.82) is 0 Å². The van der Waals surface area contributed by atoms with E-state index in [1.807, 2.05) is 32.3 Å². The molecule has 2 rings (SSSR count). The van der Waals surface area contributed by atoms with E-state index in [1.54, 1.807) is 12.5 Å². The highest BCUT2D eigenvalue weighted by Crippen LogP contribution is 2.20. The van der Waals surface area contributed by atoms with Crippen molar-refractivity contribution in [2.24, 2.45) is 0 Å². The zero-order valence-corrected chi connectivity index (χ0v) is 10.9. The van der Waals surface area contributed by atoms with Crippen LogP contribution in [-0.4, -0.2) is 12.0 Å². The Hall–Kier alpha value is -1.29. The molecule has 0 N–H and O–H groups in total. The molecule has 0 unspecified atom stereocenters. The molecule has 2 aromatic rings. The van der Waals surface area contributed by atoms with Gasteiger partial charge in [-0.1, -0.05) is 0 Å². The molecule has 0 saturated heterocycles. The van der Waals surface area contributed by atoms with Crippen molar-refractivity contribution >= 4 is 21.6 Å². The summed E-state index contributed by atoms with van der Waals surface area (Å²) >= 11 is 3.42. The molecule has 3 nitrogen and oxygen atoms in total. The Morgan fingerprint density at radius 1 is 1.44 bits per heavy atom. The maximum Gasteiger partial charge on any atom is 0.105 e. The SMILES string of the molecule is Cc1occc1CN(C)c1cncc(Br)c1. The summed E-state index contributed by atoms with van der Waals surface area (Å²) in [6, 6.07) is 4.04. The lowest BCUT2D eigenvalue weighted by Crippen LogP contribution is -2.16. The summed E-state index contributed by atoms with van der Waals surface area (Å²) in [7, 11) is 2.04. The number of halogens is 1. The fraction of sp³-hybridized carbons (Fsp3) is 0.250. The fourth-order valence-electron chi connectivity index (χ4n) is 1.53. The van der Waals surface area contributed by atoms with Crippen LogP contribution in [0.4, 0.5) is 5.69 Å². The summed E-state index contributed by atoms with van der Waals surface area (Å²) in [5, 5.41) is 0. The minimum atomic E-state index is 0.820. The van der Waals surface area contributed by atoms with Gasteiger partial charge in [-0.15, -0.1) is 0 Å². The van der Waals surface area contributed by atoms with Crippen LogP contribution in [0.1, 0.15) is 11.3 Å². The van der Waals surface area contributed by atoms with Crippen LogP contribution in [-0.2, 0) is 6.54 Å². The lowest BCUT2D eigenvalue weighted by atomic mass is 10.2. The van der Waals surface area contributed by atoms with Crippen molar-refractivity contribution in [2.75, 3.05) is 11.9 Å². The van der Waals surface area contributed by atoms with Crippen LogP contribution in [0.2, 0.25) is 0 Å². The molecule has 0 spiro atoms. The first-order valence-electron chi connectivity index (χ1n) is 5.01. The first-order valence-corrected chi connectivity index (χ1v) is 5.81. The van der Waals surface area contributed by atoms with Gasteiger partial charge >= 0.3 is 0 Å². The summed E-state index contributed by atoms with van der Waals surface area (Å²) in [6.45, 7) is 2.79. The third kappa shape index (κ3) is 2.44. The predicted octanol–water partition coefficient (Wildman–Crippen LogP) is 3.38. The molecule has 0 radical (unpaired) electrons. The van der Waals surface area contributed by atoms with E-state index >= 15 is 0 Å². The minimum absolute atomic E-state index is 0.820. The molecule has 2 heterocycles. The van der Waals surface area contributed by atoms with Gasteiger partial charge < -0.3 is 9.32 Å². The Kier molecular flexibility index (Phi) is 3.29. The number of rotatable bonds is 3. The number of hydrogen-bond acceptors (Lipinski definition) is 3.